The van der Waals surface area contributed by atoms with Gasteiger partial charge >= 0.3 is 6.09 Å². The number of aromatic hydroxyl groups is 1. The van der Waals surface area contributed by atoms with Gasteiger partial charge in [-0.2, -0.15) is 0 Å². The Morgan fingerprint density at radius 3 is 2.77 bits per heavy atom. The summed E-state index contributed by atoms with van der Waals surface area (Å²) < 4.78 is 4.98. The second-order valence-corrected chi connectivity index (χ2v) is 5.15. The van der Waals surface area contributed by atoms with E-state index in [0.717, 1.165) is 0 Å². The van der Waals surface area contributed by atoms with Gasteiger partial charge in [0, 0.05) is 24.7 Å². The van der Waals surface area contributed by atoms with Gasteiger partial charge < -0.3 is 20.1 Å². The molecule has 0 aromatic heterocycles. The standard InChI is InChI=1S/C16H20N2O4/c1-2-10-22-16(21)18-8-6-13(7-9-18)17-15(20)12-4-3-5-14(19)11-12/h2-5,11,13,19H,1,6-10H2,(H,17,20). The van der Waals surface area contributed by atoms with Crippen LogP contribution in [0, 0.1) is 0 Å². The molecule has 0 saturated carbocycles. The molecule has 2 rings (SSSR count). The maximum atomic E-state index is 12.1. The third-order valence-corrected chi connectivity index (χ3v) is 3.52. The SMILES string of the molecule is C=CCOC(=O)N1CCC(NC(=O)c2cccc(O)c2)CC1. The second kappa shape index (κ2) is 7.49. The van der Waals surface area contributed by atoms with E-state index in [-0.39, 0.29) is 30.4 Å². The van der Waals surface area contributed by atoms with Crippen molar-refractivity contribution in [3.63, 3.8) is 0 Å². The molecule has 0 spiro atoms. The normalized spacial score (nSPS) is 15.2. The van der Waals surface area contributed by atoms with Gasteiger partial charge in [0.05, 0.1) is 0 Å². The lowest BCUT2D eigenvalue weighted by molar-refractivity contribution is 0.0873. The molecule has 6 heteroatoms. The fraction of sp³-hybridized carbons (Fsp3) is 0.375. The molecule has 1 aliphatic heterocycles. The average molecular weight is 304 g/mol. The second-order valence-electron chi connectivity index (χ2n) is 5.15. The highest BCUT2D eigenvalue weighted by Crippen LogP contribution is 2.14. The number of likely N-dealkylation sites (tertiary alicyclic amines) is 1. The third kappa shape index (κ3) is 4.25. The molecule has 0 radical (unpaired) electrons. The van der Waals surface area contributed by atoms with Crippen molar-refractivity contribution in [2.24, 2.45) is 0 Å². The number of carbonyl (C=O) groups is 2. The van der Waals surface area contributed by atoms with Crippen molar-refractivity contribution in [1.82, 2.24) is 10.2 Å². The van der Waals surface area contributed by atoms with Crippen LogP contribution in [0.15, 0.2) is 36.9 Å². The number of rotatable bonds is 4. The molecule has 0 atom stereocenters. The first-order valence-electron chi connectivity index (χ1n) is 7.22. The monoisotopic (exact) mass is 304 g/mol. The lowest BCUT2D eigenvalue weighted by Gasteiger charge is -2.31. The van der Waals surface area contributed by atoms with Crippen molar-refractivity contribution in [3.05, 3.63) is 42.5 Å². The van der Waals surface area contributed by atoms with Gasteiger partial charge in [0.15, 0.2) is 0 Å². The number of nitrogens with one attached hydrogen (secondary N) is 1. The molecule has 2 amide bonds. The van der Waals surface area contributed by atoms with Crippen molar-refractivity contribution < 1.29 is 19.4 Å². The number of carbonyl (C=O) groups excluding carboxylic acids is 2. The van der Waals surface area contributed by atoms with Crippen LogP contribution >= 0.6 is 0 Å². The minimum atomic E-state index is -0.349. The summed E-state index contributed by atoms with van der Waals surface area (Å²) in [5.74, 6) is -0.156. The number of ether oxygens (including phenoxy) is 1. The number of amides is 2. The maximum Gasteiger partial charge on any atom is 0.410 e. The summed E-state index contributed by atoms with van der Waals surface area (Å²) in [4.78, 5) is 25.4. The Hall–Kier alpha value is -2.50. The van der Waals surface area contributed by atoms with Crippen molar-refractivity contribution in [2.45, 2.75) is 18.9 Å². The van der Waals surface area contributed by atoms with Crippen LogP contribution in [0.2, 0.25) is 0 Å². The molecule has 1 aromatic rings. The number of phenolic OH excluding ortho intramolecular Hbond substituents is 1. The first kappa shape index (κ1) is 15.9. The predicted octanol–water partition coefficient (Wildman–Crippen LogP) is 1.91. The molecule has 1 heterocycles. The maximum absolute atomic E-state index is 12.1. The van der Waals surface area contributed by atoms with E-state index >= 15 is 0 Å². The van der Waals surface area contributed by atoms with Crippen LogP contribution in [0.3, 0.4) is 0 Å². The minimum Gasteiger partial charge on any atom is -0.508 e. The molecular weight excluding hydrogens is 284 g/mol. The highest BCUT2D eigenvalue weighted by atomic mass is 16.6. The lowest BCUT2D eigenvalue weighted by atomic mass is 10.0. The molecule has 0 bridgehead atoms. The Kier molecular flexibility index (Phi) is 5.41. The Balaban J connectivity index is 1.81. The van der Waals surface area contributed by atoms with E-state index in [1.165, 1.54) is 18.2 Å². The largest absolute Gasteiger partial charge is 0.508 e. The topological polar surface area (TPSA) is 78.9 Å². The minimum absolute atomic E-state index is 0.0123. The van der Waals surface area contributed by atoms with Gasteiger partial charge in [0.2, 0.25) is 0 Å². The molecule has 1 fully saturated rings. The van der Waals surface area contributed by atoms with Gasteiger partial charge in [0.1, 0.15) is 12.4 Å². The molecule has 6 nitrogen and oxygen atoms in total. The lowest BCUT2D eigenvalue weighted by Crippen LogP contribution is -2.46. The van der Waals surface area contributed by atoms with Gasteiger partial charge in [0.25, 0.3) is 5.91 Å². The summed E-state index contributed by atoms with van der Waals surface area (Å²) in [6.45, 7) is 4.78. The average Bonchev–Trinajstić information content (AvgIpc) is 2.53. The molecule has 118 valence electrons. The summed E-state index contributed by atoms with van der Waals surface area (Å²) in [6, 6.07) is 6.24. The zero-order valence-corrected chi connectivity index (χ0v) is 12.3. The van der Waals surface area contributed by atoms with E-state index in [4.69, 9.17) is 4.74 Å². The quantitative estimate of drug-likeness (QED) is 0.833. The smallest absolute Gasteiger partial charge is 0.410 e. The van der Waals surface area contributed by atoms with Gasteiger partial charge in [-0.05, 0) is 31.0 Å². The number of hydrogen-bond acceptors (Lipinski definition) is 4. The van der Waals surface area contributed by atoms with Crippen LogP contribution in [0.5, 0.6) is 5.75 Å². The highest BCUT2D eigenvalue weighted by molar-refractivity contribution is 5.94. The number of nitrogens with zero attached hydrogens (tertiary/aromatic N) is 1. The van der Waals surface area contributed by atoms with Crippen LogP contribution in [0.1, 0.15) is 23.2 Å². The van der Waals surface area contributed by atoms with Crippen LogP contribution in [0.25, 0.3) is 0 Å². The van der Waals surface area contributed by atoms with Crippen LogP contribution in [-0.2, 0) is 4.74 Å². The fourth-order valence-electron chi connectivity index (χ4n) is 2.34. The van der Waals surface area contributed by atoms with Gasteiger partial charge in [-0.3, -0.25) is 4.79 Å². The van der Waals surface area contributed by atoms with E-state index in [0.29, 0.717) is 31.5 Å². The number of piperidine rings is 1. The van der Waals surface area contributed by atoms with E-state index in [1.807, 2.05) is 0 Å². The molecule has 22 heavy (non-hydrogen) atoms. The zero-order valence-electron chi connectivity index (χ0n) is 12.3. The Labute approximate surface area is 129 Å². The van der Waals surface area contributed by atoms with E-state index in [9.17, 15) is 14.7 Å². The Morgan fingerprint density at radius 2 is 2.14 bits per heavy atom. The Bertz CT molecular complexity index is 551. The molecule has 0 unspecified atom stereocenters. The molecule has 0 aliphatic carbocycles. The number of phenols is 1. The summed E-state index contributed by atoms with van der Waals surface area (Å²) in [7, 11) is 0. The van der Waals surface area contributed by atoms with E-state index in [1.54, 1.807) is 17.0 Å². The first-order chi connectivity index (χ1) is 10.6. The fourth-order valence-corrected chi connectivity index (χ4v) is 2.34. The molecule has 1 aliphatic rings. The van der Waals surface area contributed by atoms with Crippen molar-refractivity contribution in [3.8, 4) is 5.75 Å². The zero-order chi connectivity index (χ0) is 15.9. The molecule has 1 saturated heterocycles. The summed E-state index contributed by atoms with van der Waals surface area (Å²) in [5, 5.41) is 12.3. The summed E-state index contributed by atoms with van der Waals surface area (Å²) >= 11 is 0. The summed E-state index contributed by atoms with van der Waals surface area (Å²) in [5.41, 5.74) is 0.424. The van der Waals surface area contributed by atoms with Gasteiger partial charge in [-0.15, -0.1) is 0 Å². The van der Waals surface area contributed by atoms with Crippen LogP contribution < -0.4 is 5.32 Å². The molecule has 2 N–H and O–H groups in total. The van der Waals surface area contributed by atoms with Crippen molar-refractivity contribution in [1.29, 1.82) is 0 Å². The molecule has 1 aromatic carbocycles. The predicted molar refractivity (Wildman–Crippen MR) is 81.7 cm³/mol. The first-order valence-corrected chi connectivity index (χ1v) is 7.22. The van der Waals surface area contributed by atoms with Crippen LogP contribution in [-0.4, -0.2) is 47.7 Å². The number of hydrogen-bond donors (Lipinski definition) is 2. The highest BCUT2D eigenvalue weighted by Gasteiger charge is 2.24. The van der Waals surface area contributed by atoms with Crippen LogP contribution in [0.4, 0.5) is 4.79 Å². The Morgan fingerprint density at radius 1 is 1.41 bits per heavy atom. The third-order valence-electron chi connectivity index (χ3n) is 3.52. The van der Waals surface area contributed by atoms with E-state index in [2.05, 4.69) is 11.9 Å². The van der Waals surface area contributed by atoms with Gasteiger partial charge in [-0.1, -0.05) is 18.7 Å². The van der Waals surface area contributed by atoms with E-state index < -0.39 is 0 Å². The van der Waals surface area contributed by atoms with Crippen molar-refractivity contribution in [2.75, 3.05) is 19.7 Å². The summed E-state index contributed by atoms with van der Waals surface area (Å²) in [6.07, 6.45) is 2.53. The van der Waals surface area contributed by atoms with Crippen molar-refractivity contribution >= 4 is 12.0 Å². The van der Waals surface area contributed by atoms with Gasteiger partial charge in [-0.25, -0.2) is 4.79 Å². The molecular formula is C16H20N2O4. The number of benzene rings is 1.